The number of benzene rings is 2. The third-order valence-electron chi connectivity index (χ3n) is 5.11. The lowest BCUT2D eigenvalue weighted by Gasteiger charge is -2.28. The van der Waals surface area contributed by atoms with E-state index in [1.807, 2.05) is 37.3 Å². The maximum absolute atomic E-state index is 13.6. The molecule has 0 N–H and O–H groups in total. The molecule has 0 saturated carbocycles. The number of aryl methyl sites for hydroxylation is 1. The molecule has 8 heteroatoms. The molecule has 3 rings (SSSR count). The molecule has 1 amide bonds. The molecule has 0 spiro atoms. The van der Waals surface area contributed by atoms with Gasteiger partial charge in [0.15, 0.2) is 0 Å². The number of aromatic nitrogens is 1. The van der Waals surface area contributed by atoms with E-state index >= 15 is 0 Å². The third kappa shape index (κ3) is 5.26. The van der Waals surface area contributed by atoms with E-state index in [0.717, 1.165) is 9.87 Å². The molecule has 1 heterocycles. The summed E-state index contributed by atoms with van der Waals surface area (Å²) in [7, 11) is -2.53. The van der Waals surface area contributed by atoms with Crippen LogP contribution in [0.1, 0.15) is 18.1 Å². The first kappa shape index (κ1) is 23.3. The topological polar surface area (TPSA) is 79.8 Å². The molecule has 0 bridgehead atoms. The summed E-state index contributed by atoms with van der Waals surface area (Å²) in [5.74, 6) is 0.0527. The molecule has 0 atom stereocenters. The standard InChI is InChI=1S/C24H27N3O4S/c1-4-26(17-20-11-6-5-7-12-20)24(28)18-27(21-14-15-23(31-3)25-16-21)32(29,30)22-13-9-8-10-19(22)2/h5-16H,4,17-18H2,1-3H3. The van der Waals surface area contributed by atoms with Crippen molar-refractivity contribution >= 4 is 21.6 Å². The Morgan fingerprint density at radius 2 is 1.69 bits per heavy atom. The third-order valence-corrected chi connectivity index (χ3v) is 7.04. The molecule has 1 aromatic heterocycles. The van der Waals surface area contributed by atoms with E-state index in [9.17, 15) is 13.2 Å². The number of hydrogen-bond donors (Lipinski definition) is 0. The number of carbonyl (C=O) groups is 1. The van der Waals surface area contributed by atoms with Gasteiger partial charge in [-0.25, -0.2) is 13.4 Å². The molecule has 0 aliphatic rings. The van der Waals surface area contributed by atoms with Gasteiger partial charge in [0.05, 0.1) is 23.9 Å². The van der Waals surface area contributed by atoms with Crippen LogP contribution in [0.15, 0.2) is 77.8 Å². The molecule has 3 aromatic rings. The molecule has 0 saturated heterocycles. The Balaban J connectivity index is 1.96. The normalized spacial score (nSPS) is 11.1. The van der Waals surface area contributed by atoms with Crippen LogP contribution in [-0.4, -0.2) is 44.4 Å². The Labute approximate surface area is 189 Å². The number of nitrogens with zero attached hydrogens (tertiary/aromatic N) is 3. The van der Waals surface area contributed by atoms with Gasteiger partial charge in [0.2, 0.25) is 11.8 Å². The zero-order valence-corrected chi connectivity index (χ0v) is 19.2. The van der Waals surface area contributed by atoms with E-state index in [4.69, 9.17) is 4.74 Å². The maximum atomic E-state index is 13.6. The largest absolute Gasteiger partial charge is 0.481 e. The summed E-state index contributed by atoms with van der Waals surface area (Å²) in [6, 6.07) is 19.5. The fraction of sp³-hybridized carbons (Fsp3) is 0.250. The Kier molecular flexibility index (Phi) is 7.48. The quantitative estimate of drug-likeness (QED) is 0.494. The molecule has 2 aromatic carbocycles. The van der Waals surface area contributed by atoms with E-state index < -0.39 is 10.0 Å². The predicted octanol–water partition coefficient (Wildman–Crippen LogP) is 3.64. The van der Waals surface area contributed by atoms with Crippen molar-refractivity contribution in [3.05, 3.63) is 84.1 Å². The number of likely N-dealkylation sites (N-methyl/N-ethyl adjacent to an activating group) is 1. The van der Waals surface area contributed by atoms with E-state index in [1.165, 1.54) is 13.3 Å². The molecule has 7 nitrogen and oxygen atoms in total. The first-order valence-electron chi connectivity index (χ1n) is 10.3. The van der Waals surface area contributed by atoms with Crippen molar-refractivity contribution in [1.29, 1.82) is 0 Å². The van der Waals surface area contributed by atoms with E-state index in [-0.39, 0.29) is 23.0 Å². The average Bonchev–Trinajstić information content (AvgIpc) is 2.81. The number of amides is 1. The van der Waals surface area contributed by atoms with Crippen LogP contribution in [0.5, 0.6) is 5.88 Å². The molecule has 0 unspecified atom stereocenters. The number of methoxy groups -OCH3 is 1. The van der Waals surface area contributed by atoms with Gasteiger partial charge in [0.25, 0.3) is 10.0 Å². The molecule has 32 heavy (non-hydrogen) atoms. The Hall–Kier alpha value is -3.39. The summed E-state index contributed by atoms with van der Waals surface area (Å²) in [4.78, 5) is 19.1. The highest BCUT2D eigenvalue weighted by molar-refractivity contribution is 7.93. The number of hydrogen-bond acceptors (Lipinski definition) is 5. The van der Waals surface area contributed by atoms with Gasteiger partial charge in [-0.15, -0.1) is 0 Å². The van der Waals surface area contributed by atoms with Crippen LogP contribution in [-0.2, 0) is 21.4 Å². The zero-order chi connectivity index (χ0) is 23.1. The second-order valence-corrected chi connectivity index (χ2v) is 9.06. The van der Waals surface area contributed by atoms with Crippen LogP contribution >= 0.6 is 0 Å². The lowest BCUT2D eigenvalue weighted by molar-refractivity contribution is -0.129. The minimum absolute atomic E-state index is 0.148. The van der Waals surface area contributed by atoms with Gasteiger partial charge < -0.3 is 9.64 Å². The van der Waals surface area contributed by atoms with E-state index in [2.05, 4.69) is 4.98 Å². The van der Waals surface area contributed by atoms with Crippen LogP contribution in [0.2, 0.25) is 0 Å². The van der Waals surface area contributed by atoms with Gasteiger partial charge in [-0.3, -0.25) is 9.10 Å². The van der Waals surface area contributed by atoms with Crippen molar-refractivity contribution < 1.29 is 17.9 Å². The van der Waals surface area contributed by atoms with Gasteiger partial charge in [-0.1, -0.05) is 48.5 Å². The first-order valence-corrected chi connectivity index (χ1v) is 11.7. The number of rotatable bonds is 9. The van der Waals surface area contributed by atoms with Crippen molar-refractivity contribution in [3.8, 4) is 5.88 Å². The number of carbonyl (C=O) groups excluding carboxylic acids is 1. The molecular weight excluding hydrogens is 426 g/mol. The van der Waals surface area contributed by atoms with Crippen LogP contribution in [0, 0.1) is 6.92 Å². The minimum atomic E-state index is -4.01. The van der Waals surface area contributed by atoms with Gasteiger partial charge in [0, 0.05) is 19.2 Å². The van der Waals surface area contributed by atoms with Crippen LogP contribution < -0.4 is 9.04 Å². The second-order valence-electron chi connectivity index (χ2n) is 7.23. The lowest BCUT2D eigenvalue weighted by Crippen LogP contribution is -2.43. The number of anilines is 1. The van der Waals surface area contributed by atoms with Crippen molar-refractivity contribution in [2.75, 3.05) is 24.5 Å². The summed E-state index contributed by atoms with van der Waals surface area (Å²) in [6.07, 6.45) is 1.40. The highest BCUT2D eigenvalue weighted by atomic mass is 32.2. The Morgan fingerprint density at radius 1 is 1.00 bits per heavy atom. The number of ether oxygens (including phenoxy) is 1. The van der Waals surface area contributed by atoms with Crippen LogP contribution in [0.25, 0.3) is 0 Å². The molecule has 0 fully saturated rings. The van der Waals surface area contributed by atoms with Crippen molar-refractivity contribution in [3.63, 3.8) is 0 Å². The SMILES string of the molecule is CCN(Cc1ccccc1)C(=O)CN(c1ccc(OC)nc1)S(=O)(=O)c1ccccc1C. The molecular formula is C24H27N3O4S. The fourth-order valence-corrected chi connectivity index (χ4v) is 4.95. The highest BCUT2D eigenvalue weighted by Gasteiger charge is 2.30. The summed E-state index contributed by atoms with van der Waals surface area (Å²) < 4.78 is 33.4. The van der Waals surface area contributed by atoms with Crippen molar-refractivity contribution in [2.24, 2.45) is 0 Å². The van der Waals surface area contributed by atoms with Gasteiger partial charge in [-0.2, -0.15) is 0 Å². The highest BCUT2D eigenvalue weighted by Crippen LogP contribution is 2.26. The predicted molar refractivity (Wildman–Crippen MR) is 124 cm³/mol. The van der Waals surface area contributed by atoms with Gasteiger partial charge >= 0.3 is 0 Å². The van der Waals surface area contributed by atoms with Gasteiger partial charge in [-0.05, 0) is 37.1 Å². The zero-order valence-electron chi connectivity index (χ0n) is 18.4. The maximum Gasteiger partial charge on any atom is 0.265 e. The molecule has 168 valence electrons. The Morgan fingerprint density at radius 3 is 2.28 bits per heavy atom. The summed E-state index contributed by atoms with van der Waals surface area (Å²) in [5.41, 5.74) is 1.86. The first-order chi connectivity index (χ1) is 15.4. The smallest absolute Gasteiger partial charge is 0.265 e. The fourth-order valence-electron chi connectivity index (χ4n) is 3.32. The summed E-state index contributed by atoms with van der Waals surface area (Å²) in [5, 5.41) is 0. The second kappa shape index (κ2) is 10.3. The van der Waals surface area contributed by atoms with Crippen molar-refractivity contribution in [1.82, 2.24) is 9.88 Å². The Bertz CT molecular complexity index is 1150. The van der Waals surface area contributed by atoms with Crippen molar-refractivity contribution in [2.45, 2.75) is 25.3 Å². The van der Waals surface area contributed by atoms with Gasteiger partial charge in [0.1, 0.15) is 6.54 Å². The minimum Gasteiger partial charge on any atom is -0.481 e. The molecule has 0 aliphatic heterocycles. The van der Waals surface area contributed by atoms with Crippen LogP contribution in [0.4, 0.5) is 5.69 Å². The number of sulfonamides is 1. The number of pyridine rings is 1. The molecule has 0 radical (unpaired) electrons. The monoisotopic (exact) mass is 453 g/mol. The lowest BCUT2D eigenvalue weighted by atomic mass is 10.2. The van der Waals surface area contributed by atoms with E-state index in [1.54, 1.807) is 48.2 Å². The van der Waals surface area contributed by atoms with E-state index in [0.29, 0.717) is 24.5 Å². The van der Waals surface area contributed by atoms with Crippen LogP contribution in [0.3, 0.4) is 0 Å². The molecule has 0 aliphatic carbocycles. The summed E-state index contributed by atoms with van der Waals surface area (Å²) in [6.45, 7) is 4.11. The average molecular weight is 454 g/mol. The summed E-state index contributed by atoms with van der Waals surface area (Å²) >= 11 is 0.